The Hall–Kier alpha value is -2.14. The van der Waals surface area contributed by atoms with Crippen molar-refractivity contribution in [2.45, 2.75) is 19.4 Å². The quantitative estimate of drug-likeness (QED) is 0.800. The summed E-state index contributed by atoms with van der Waals surface area (Å²) in [7, 11) is -1.01. The molecule has 0 spiro atoms. The van der Waals surface area contributed by atoms with E-state index in [1.54, 1.807) is 6.26 Å². The molecule has 24 heavy (non-hydrogen) atoms. The first-order valence-electron chi connectivity index (χ1n) is 7.94. The van der Waals surface area contributed by atoms with Crippen molar-refractivity contribution in [2.75, 3.05) is 18.6 Å². The molecule has 1 N–H and O–H groups in total. The van der Waals surface area contributed by atoms with E-state index in [0.29, 0.717) is 11.5 Å². The highest BCUT2D eigenvalue weighted by Crippen LogP contribution is 2.15. The first-order chi connectivity index (χ1) is 11.6. The second kappa shape index (κ2) is 9.23. The first-order valence-corrected chi connectivity index (χ1v) is 9.67. The summed E-state index contributed by atoms with van der Waals surface area (Å²) in [5.41, 5.74) is 2.16. The summed E-state index contributed by atoms with van der Waals surface area (Å²) in [5.74, 6) is 0.813. The van der Waals surface area contributed by atoms with Crippen LogP contribution in [0, 0.1) is 0 Å². The molecule has 0 heterocycles. The Bertz CT molecular complexity index is 671. The second-order valence-corrected chi connectivity index (χ2v) is 7.04. The number of amides is 1. The molecule has 5 heteroatoms. The van der Waals surface area contributed by atoms with Gasteiger partial charge in [0.2, 0.25) is 0 Å². The third kappa shape index (κ3) is 5.81. The average molecular weight is 345 g/mol. The van der Waals surface area contributed by atoms with Gasteiger partial charge in [0, 0.05) is 22.8 Å². The Balaban J connectivity index is 1.93. The largest absolute Gasteiger partial charge is 0.484 e. The number of nitrogens with one attached hydrogen (secondary N) is 1. The predicted octanol–water partition coefficient (Wildman–Crippen LogP) is 2.86. The van der Waals surface area contributed by atoms with Gasteiger partial charge in [0.05, 0.1) is 6.04 Å². The lowest BCUT2D eigenvalue weighted by Crippen LogP contribution is -2.35. The van der Waals surface area contributed by atoms with E-state index >= 15 is 0 Å². The van der Waals surface area contributed by atoms with Crippen LogP contribution in [0.15, 0.2) is 54.6 Å². The van der Waals surface area contributed by atoms with Crippen molar-refractivity contribution in [1.29, 1.82) is 0 Å². The Kier molecular flexibility index (Phi) is 7.00. The van der Waals surface area contributed by atoms with Gasteiger partial charge >= 0.3 is 0 Å². The molecule has 0 bridgehead atoms. The van der Waals surface area contributed by atoms with E-state index in [2.05, 4.69) is 12.2 Å². The molecule has 0 aliphatic carbocycles. The zero-order valence-corrected chi connectivity index (χ0v) is 14.8. The molecule has 1 amide bonds. The average Bonchev–Trinajstić information content (AvgIpc) is 2.60. The summed E-state index contributed by atoms with van der Waals surface area (Å²) in [4.78, 5) is 12.2. The fourth-order valence-corrected chi connectivity index (χ4v) is 3.09. The Labute approximate surface area is 145 Å². The summed E-state index contributed by atoms with van der Waals surface area (Å²) in [6.45, 7) is 2.02. The Morgan fingerprint density at radius 3 is 2.38 bits per heavy atom. The zero-order valence-electron chi connectivity index (χ0n) is 14.0. The molecule has 2 atom stereocenters. The van der Waals surface area contributed by atoms with Crippen LogP contribution in [0.5, 0.6) is 5.75 Å². The maximum Gasteiger partial charge on any atom is 0.258 e. The molecule has 0 aliphatic heterocycles. The van der Waals surface area contributed by atoms with Gasteiger partial charge in [-0.3, -0.25) is 9.00 Å². The molecular weight excluding hydrogens is 322 g/mol. The van der Waals surface area contributed by atoms with Crippen molar-refractivity contribution < 1.29 is 13.7 Å². The summed E-state index contributed by atoms with van der Waals surface area (Å²) >= 11 is 0. The number of rotatable bonds is 8. The highest BCUT2D eigenvalue weighted by Gasteiger charge is 2.16. The van der Waals surface area contributed by atoms with Crippen LogP contribution in [0.1, 0.15) is 24.1 Å². The van der Waals surface area contributed by atoms with Crippen molar-refractivity contribution in [3.05, 3.63) is 65.7 Å². The summed E-state index contributed by atoms with van der Waals surface area (Å²) in [6, 6.07) is 17.0. The fourth-order valence-electron chi connectivity index (χ4n) is 2.35. The highest BCUT2D eigenvalue weighted by atomic mass is 32.2. The van der Waals surface area contributed by atoms with Crippen LogP contribution in [-0.2, 0) is 22.0 Å². The van der Waals surface area contributed by atoms with E-state index < -0.39 is 10.8 Å². The van der Waals surface area contributed by atoms with Crippen molar-refractivity contribution in [1.82, 2.24) is 5.32 Å². The van der Waals surface area contributed by atoms with E-state index in [-0.39, 0.29) is 18.6 Å². The second-order valence-electron chi connectivity index (χ2n) is 5.56. The van der Waals surface area contributed by atoms with Gasteiger partial charge in [0.25, 0.3) is 5.91 Å². The van der Waals surface area contributed by atoms with Crippen molar-refractivity contribution in [3.8, 4) is 5.75 Å². The molecule has 0 fully saturated rings. The number of hydrogen-bond acceptors (Lipinski definition) is 3. The highest BCUT2D eigenvalue weighted by molar-refractivity contribution is 7.84. The fraction of sp³-hybridized carbons (Fsp3) is 0.316. The minimum absolute atomic E-state index is 0.0643. The van der Waals surface area contributed by atoms with Crippen molar-refractivity contribution >= 4 is 16.7 Å². The molecule has 0 saturated carbocycles. The van der Waals surface area contributed by atoms with Crippen LogP contribution >= 0.6 is 0 Å². The number of hydrogen-bond donors (Lipinski definition) is 1. The monoisotopic (exact) mass is 345 g/mol. The van der Waals surface area contributed by atoms with Gasteiger partial charge in [-0.25, -0.2) is 0 Å². The Morgan fingerprint density at radius 1 is 1.12 bits per heavy atom. The molecule has 0 aliphatic rings. The minimum Gasteiger partial charge on any atom is -0.484 e. The smallest absolute Gasteiger partial charge is 0.258 e. The third-order valence-electron chi connectivity index (χ3n) is 3.64. The lowest BCUT2D eigenvalue weighted by Gasteiger charge is -2.18. The third-order valence-corrected chi connectivity index (χ3v) is 4.44. The molecular formula is C19H23NO3S. The summed E-state index contributed by atoms with van der Waals surface area (Å²) < 4.78 is 17.1. The standard InChI is InChI=1S/C19H23NO3S/c1-3-15-9-11-17(12-10-15)23-13-19(21)20-18(14-24(2)22)16-7-5-4-6-8-16/h4-12,18H,3,13-14H2,1-2H3,(H,20,21)/t18-,24+/m0/s1. The lowest BCUT2D eigenvalue weighted by atomic mass is 10.1. The molecule has 128 valence electrons. The molecule has 0 aromatic heterocycles. The van der Waals surface area contributed by atoms with Crippen LogP contribution in [0.25, 0.3) is 0 Å². The molecule has 0 unspecified atom stereocenters. The lowest BCUT2D eigenvalue weighted by molar-refractivity contribution is -0.123. The molecule has 0 radical (unpaired) electrons. The van der Waals surface area contributed by atoms with E-state index in [0.717, 1.165) is 12.0 Å². The van der Waals surface area contributed by atoms with Crippen molar-refractivity contribution in [2.24, 2.45) is 0 Å². The first kappa shape index (κ1) is 18.2. The number of carbonyl (C=O) groups is 1. The number of benzene rings is 2. The van der Waals surface area contributed by atoms with Gasteiger partial charge in [-0.15, -0.1) is 0 Å². The van der Waals surface area contributed by atoms with E-state index in [9.17, 15) is 9.00 Å². The van der Waals surface area contributed by atoms with Crippen LogP contribution in [0.2, 0.25) is 0 Å². The zero-order chi connectivity index (χ0) is 17.4. The van der Waals surface area contributed by atoms with Gasteiger partial charge in [0.1, 0.15) is 5.75 Å². The predicted molar refractivity (Wildman–Crippen MR) is 97.6 cm³/mol. The van der Waals surface area contributed by atoms with Crippen LogP contribution in [-0.4, -0.2) is 28.7 Å². The normalized spacial score (nSPS) is 13.1. The molecule has 2 aromatic carbocycles. The number of aryl methyl sites for hydroxylation is 1. The SMILES string of the molecule is CCc1ccc(OCC(=O)N[C@@H](C[S@@](C)=O)c2ccccc2)cc1. The maximum atomic E-state index is 12.2. The summed E-state index contributed by atoms with van der Waals surface area (Å²) in [5, 5.41) is 2.90. The molecule has 4 nitrogen and oxygen atoms in total. The summed E-state index contributed by atoms with van der Waals surface area (Å²) in [6.07, 6.45) is 2.60. The van der Waals surface area contributed by atoms with E-state index in [4.69, 9.17) is 4.74 Å². The van der Waals surface area contributed by atoms with Gasteiger partial charge in [0.15, 0.2) is 6.61 Å². The topological polar surface area (TPSA) is 55.4 Å². The van der Waals surface area contributed by atoms with Crippen LogP contribution in [0.3, 0.4) is 0 Å². The van der Waals surface area contributed by atoms with Crippen LogP contribution < -0.4 is 10.1 Å². The van der Waals surface area contributed by atoms with E-state index in [1.807, 2.05) is 54.6 Å². The molecule has 2 rings (SSSR count). The molecule has 2 aromatic rings. The number of carbonyl (C=O) groups excluding carboxylic acids is 1. The maximum absolute atomic E-state index is 12.2. The van der Waals surface area contributed by atoms with Gasteiger partial charge in [-0.05, 0) is 29.7 Å². The molecule has 0 saturated heterocycles. The number of ether oxygens (including phenoxy) is 1. The van der Waals surface area contributed by atoms with Gasteiger partial charge in [-0.2, -0.15) is 0 Å². The van der Waals surface area contributed by atoms with Crippen molar-refractivity contribution in [3.63, 3.8) is 0 Å². The minimum atomic E-state index is -1.01. The van der Waals surface area contributed by atoms with Gasteiger partial charge < -0.3 is 10.1 Å². The van der Waals surface area contributed by atoms with E-state index in [1.165, 1.54) is 5.56 Å². The Morgan fingerprint density at radius 2 is 1.79 bits per heavy atom. The van der Waals surface area contributed by atoms with Crippen LogP contribution in [0.4, 0.5) is 0 Å². The van der Waals surface area contributed by atoms with Gasteiger partial charge in [-0.1, -0.05) is 49.4 Å².